The van der Waals surface area contributed by atoms with Crippen molar-refractivity contribution >= 4 is 0 Å². The number of aliphatic hydroxyl groups excluding tert-OH is 1. The summed E-state index contributed by atoms with van der Waals surface area (Å²) in [7, 11) is 0. The van der Waals surface area contributed by atoms with Gasteiger partial charge in [0, 0.05) is 18.6 Å². The van der Waals surface area contributed by atoms with Crippen LogP contribution in [0.1, 0.15) is 31.7 Å². The van der Waals surface area contributed by atoms with E-state index in [-0.39, 0.29) is 12.0 Å². The molecule has 0 aromatic heterocycles. The van der Waals surface area contributed by atoms with E-state index in [0.29, 0.717) is 25.0 Å². The average molecular weight is 270 g/mol. The summed E-state index contributed by atoms with van der Waals surface area (Å²) in [5.41, 5.74) is -0.0179. The highest BCUT2D eigenvalue weighted by atomic mass is 19.1. The zero-order valence-corrected chi connectivity index (χ0v) is 11.1. The predicted molar refractivity (Wildman–Crippen MR) is 68.8 cm³/mol. The van der Waals surface area contributed by atoms with E-state index >= 15 is 0 Å². The second-order valence-corrected chi connectivity index (χ2v) is 5.21. The smallest absolute Gasteiger partial charge is 0.129 e. The van der Waals surface area contributed by atoms with Crippen molar-refractivity contribution in [3.63, 3.8) is 0 Å². The third-order valence-corrected chi connectivity index (χ3v) is 3.70. The average Bonchev–Trinajstić information content (AvgIpc) is 2.31. The van der Waals surface area contributed by atoms with Crippen molar-refractivity contribution in [3.05, 3.63) is 35.4 Å². The second kappa shape index (κ2) is 6.44. The molecule has 4 heteroatoms. The van der Waals surface area contributed by atoms with Crippen LogP contribution in [0.2, 0.25) is 0 Å². The molecule has 0 radical (unpaired) electrons. The summed E-state index contributed by atoms with van der Waals surface area (Å²) in [5, 5.41) is 9.93. The van der Waals surface area contributed by atoms with Crippen LogP contribution in [0.4, 0.5) is 8.78 Å². The highest BCUT2D eigenvalue weighted by Crippen LogP contribution is 2.34. The van der Waals surface area contributed by atoms with Crippen molar-refractivity contribution in [1.82, 2.24) is 0 Å². The highest BCUT2D eigenvalue weighted by molar-refractivity contribution is 5.20. The molecule has 0 spiro atoms. The van der Waals surface area contributed by atoms with Crippen LogP contribution in [0.3, 0.4) is 0 Å². The molecule has 2 nitrogen and oxygen atoms in total. The number of hydrogen-bond acceptors (Lipinski definition) is 2. The maximum absolute atomic E-state index is 13.4. The van der Waals surface area contributed by atoms with Gasteiger partial charge in [0.15, 0.2) is 0 Å². The molecule has 1 aromatic rings. The van der Waals surface area contributed by atoms with Crippen molar-refractivity contribution in [2.75, 3.05) is 6.61 Å². The Bertz CT molecular complexity index is 396. The quantitative estimate of drug-likeness (QED) is 0.860. The lowest BCUT2D eigenvalue weighted by molar-refractivity contribution is -0.0376. The molecule has 1 saturated carbocycles. The van der Waals surface area contributed by atoms with E-state index in [1.54, 1.807) is 0 Å². The Morgan fingerprint density at radius 1 is 1.32 bits per heavy atom. The Hall–Kier alpha value is -1.00. The number of rotatable bonds is 6. The van der Waals surface area contributed by atoms with Gasteiger partial charge < -0.3 is 9.84 Å². The monoisotopic (exact) mass is 270 g/mol. The Labute approximate surface area is 112 Å². The molecule has 19 heavy (non-hydrogen) atoms. The van der Waals surface area contributed by atoms with Gasteiger partial charge in [0.25, 0.3) is 0 Å². The van der Waals surface area contributed by atoms with Crippen LogP contribution < -0.4 is 0 Å². The van der Waals surface area contributed by atoms with Gasteiger partial charge >= 0.3 is 0 Å². The third-order valence-electron chi connectivity index (χ3n) is 3.70. The third kappa shape index (κ3) is 3.74. The van der Waals surface area contributed by atoms with Crippen LogP contribution >= 0.6 is 0 Å². The van der Waals surface area contributed by atoms with E-state index in [9.17, 15) is 13.9 Å². The molecule has 0 heterocycles. The van der Waals surface area contributed by atoms with Gasteiger partial charge in [-0.05, 0) is 44.2 Å². The number of aliphatic hydroxyl groups is 1. The standard InChI is InChI=1S/C15H20F2O2/c1-2-19-12-7-10(8-12)6-11(18)9-13-14(16)4-3-5-15(13)17/h3-5,10-12,18H,2,6-9H2,1H3. The summed E-state index contributed by atoms with van der Waals surface area (Å²) in [6, 6.07) is 3.78. The van der Waals surface area contributed by atoms with Gasteiger partial charge in [-0.15, -0.1) is 0 Å². The van der Waals surface area contributed by atoms with Crippen LogP contribution in [0.15, 0.2) is 18.2 Å². The van der Waals surface area contributed by atoms with Crippen LogP contribution in [-0.2, 0) is 11.2 Å². The predicted octanol–water partition coefficient (Wildman–Crippen LogP) is 3.07. The van der Waals surface area contributed by atoms with Crippen molar-refractivity contribution in [2.24, 2.45) is 5.92 Å². The Morgan fingerprint density at radius 2 is 1.95 bits per heavy atom. The molecule has 1 unspecified atom stereocenters. The second-order valence-electron chi connectivity index (χ2n) is 5.21. The van der Waals surface area contributed by atoms with E-state index < -0.39 is 17.7 Å². The number of ether oxygens (including phenoxy) is 1. The summed E-state index contributed by atoms with van der Waals surface area (Å²) < 4.78 is 32.3. The van der Waals surface area contributed by atoms with Crippen molar-refractivity contribution in [1.29, 1.82) is 0 Å². The molecule has 1 N–H and O–H groups in total. The lowest BCUT2D eigenvalue weighted by atomic mass is 9.78. The molecular weight excluding hydrogens is 250 g/mol. The topological polar surface area (TPSA) is 29.5 Å². The van der Waals surface area contributed by atoms with Crippen molar-refractivity contribution in [3.8, 4) is 0 Å². The summed E-state index contributed by atoms with van der Waals surface area (Å²) >= 11 is 0. The van der Waals surface area contributed by atoms with E-state index in [0.717, 1.165) is 12.8 Å². The molecule has 1 aliphatic rings. The summed E-state index contributed by atoms with van der Waals surface area (Å²) in [5.74, 6) is -0.763. The molecule has 1 atom stereocenters. The Balaban J connectivity index is 1.81. The minimum absolute atomic E-state index is 0.0179. The fraction of sp³-hybridized carbons (Fsp3) is 0.600. The molecule has 1 fully saturated rings. The molecule has 106 valence electrons. The van der Waals surface area contributed by atoms with Crippen molar-refractivity contribution < 1.29 is 18.6 Å². The lowest BCUT2D eigenvalue weighted by Crippen LogP contribution is -2.34. The van der Waals surface area contributed by atoms with Crippen LogP contribution in [-0.4, -0.2) is 23.9 Å². The van der Waals surface area contributed by atoms with Gasteiger partial charge in [0.1, 0.15) is 11.6 Å². The van der Waals surface area contributed by atoms with Crippen LogP contribution in [0.25, 0.3) is 0 Å². The minimum Gasteiger partial charge on any atom is -0.393 e. The first-order valence-electron chi connectivity index (χ1n) is 6.82. The van der Waals surface area contributed by atoms with Gasteiger partial charge in [-0.25, -0.2) is 8.78 Å². The van der Waals surface area contributed by atoms with Gasteiger partial charge in [0.05, 0.1) is 12.2 Å². The van der Waals surface area contributed by atoms with E-state index in [4.69, 9.17) is 4.74 Å². The van der Waals surface area contributed by atoms with Gasteiger partial charge in [-0.2, -0.15) is 0 Å². The number of benzene rings is 1. The molecule has 0 aliphatic heterocycles. The lowest BCUT2D eigenvalue weighted by Gasteiger charge is -2.36. The van der Waals surface area contributed by atoms with Crippen LogP contribution in [0, 0.1) is 17.6 Å². The zero-order valence-electron chi connectivity index (χ0n) is 11.1. The first-order chi connectivity index (χ1) is 9.10. The van der Waals surface area contributed by atoms with Crippen molar-refractivity contribution in [2.45, 2.75) is 44.8 Å². The SMILES string of the molecule is CCOC1CC(CC(O)Cc2c(F)cccc2F)C1. The summed E-state index contributed by atoms with van der Waals surface area (Å²) in [4.78, 5) is 0. The van der Waals surface area contributed by atoms with E-state index in [1.807, 2.05) is 6.92 Å². The Kier molecular flexibility index (Phi) is 4.88. The normalized spacial score (nSPS) is 24.0. The first-order valence-corrected chi connectivity index (χ1v) is 6.82. The number of hydrogen-bond donors (Lipinski definition) is 1. The fourth-order valence-corrected chi connectivity index (χ4v) is 2.67. The number of halogens is 2. The largest absolute Gasteiger partial charge is 0.393 e. The zero-order chi connectivity index (χ0) is 13.8. The molecule has 1 aliphatic carbocycles. The molecule has 0 bridgehead atoms. The fourth-order valence-electron chi connectivity index (χ4n) is 2.67. The molecule has 1 aromatic carbocycles. The van der Waals surface area contributed by atoms with Crippen LogP contribution in [0.5, 0.6) is 0 Å². The molecular formula is C15H20F2O2. The van der Waals surface area contributed by atoms with Gasteiger partial charge in [0.2, 0.25) is 0 Å². The van der Waals surface area contributed by atoms with Gasteiger partial charge in [-0.1, -0.05) is 6.07 Å². The maximum atomic E-state index is 13.4. The molecule has 2 rings (SSSR count). The van der Waals surface area contributed by atoms with E-state index in [1.165, 1.54) is 18.2 Å². The summed E-state index contributed by atoms with van der Waals surface area (Å²) in [6.07, 6.45) is 2.09. The van der Waals surface area contributed by atoms with E-state index in [2.05, 4.69) is 0 Å². The first kappa shape index (κ1) is 14.4. The van der Waals surface area contributed by atoms with Gasteiger partial charge in [-0.3, -0.25) is 0 Å². The highest BCUT2D eigenvalue weighted by Gasteiger charge is 2.31. The molecule has 0 saturated heterocycles. The maximum Gasteiger partial charge on any atom is 0.129 e. The minimum atomic E-state index is -0.695. The Morgan fingerprint density at radius 3 is 2.53 bits per heavy atom. The summed E-state index contributed by atoms with van der Waals surface area (Å²) in [6.45, 7) is 2.67. The molecule has 0 amide bonds.